The van der Waals surface area contributed by atoms with Gasteiger partial charge in [0.1, 0.15) is 34.5 Å². The molecule has 3 aliphatic heterocycles. The zero-order chi connectivity index (χ0) is 69.3. The normalized spacial score (nSPS) is 16.0. The van der Waals surface area contributed by atoms with E-state index in [-0.39, 0.29) is 0 Å². The molecule has 105 heavy (non-hydrogen) atoms. The topological polar surface area (TPSA) is 114 Å². The number of rotatable bonds is 6. The van der Waals surface area contributed by atoms with Crippen LogP contribution in [0, 0.1) is 22.7 Å². The summed E-state index contributed by atoms with van der Waals surface area (Å²) in [5, 5.41) is 32.1. The molecule has 0 saturated carbocycles. The maximum absolute atomic E-state index is 11.5. The first-order valence-electron chi connectivity index (χ1n) is 35.4. The lowest BCUT2D eigenvalue weighted by molar-refractivity contribution is 0.435. The van der Waals surface area contributed by atoms with Crippen molar-refractivity contribution in [1.29, 1.82) is 10.5 Å². The summed E-state index contributed by atoms with van der Waals surface area (Å²) in [5.74, 6) is 5.17. The zero-order valence-electron chi connectivity index (χ0n) is 56.1. The Balaban J connectivity index is 0.657. The summed E-state index contributed by atoms with van der Waals surface area (Å²) in [6.07, 6.45) is 0. The van der Waals surface area contributed by atoms with Crippen molar-refractivity contribution in [2.75, 3.05) is 0 Å². The Morgan fingerprint density at radius 3 is 1.16 bits per heavy atom. The fraction of sp³-hybridized carbons (Fsp3) is 0.0309. The molecule has 3 spiro atoms. The van der Waals surface area contributed by atoms with Crippen molar-refractivity contribution in [3.8, 4) is 147 Å². The Hall–Kier alpha value is -14.2. The van der Waals surface area contributed by atoms with Crippen LogP contribution in [0.3, 0.4) is 0 Å². The van der Waals surface area contributed by atoms with E-state index in [1.54, 1.807) is 0 Å². The van der Waals surface area contributed by atoms with Crippen LogP contribution in [0.15, 0.2) is 332 Å². The number of hydrogen-bond acceptors (Lipinski definition) is 8. The Morgan fingerprint density at radius 1 is 0.229 bits per heavy atom. The van der Waals surface area contributed by atoms with E-state index >= 15 is 0 Å². The van der Waals surface area contributed by atoms with Crippen LogP contribution >= 0.6 is 0 Å². The highest BCUT2D eigenvalue weighted by atomic mass is 16.5. The van der Waals surface area contributed by atoms with E-state index in [1.807, 2.05) is 72.8 Å². The molecule has 4 heterocycles. The molecule has 0 amide bonds. The van der Waals surface area contributed by atoms with Crippen LogP contribution in [0.5, 0.6) is 34.5 Å². The summed E-state index contributed by atoms with van der Waals surface area (Å²) >= 11 is 0. The van der Waals surface area contributed by atoms with Crippen molar-refractivity contribution >= 4 is 0 Å². The first-order valence-corrected chi connectivity index (χ1v) is 35.4. The van der Waals surface area contributed by atoms with Gasteiger partial charge in [-0.3, -0.25) is 0 Å². The lowest BCUT2D eigenvalue weighted by atomic mass is 9.65. The smallest absolute Gasteiger partial charge is 0.251 e. The van der Waals surface area contributed by atoms with Crippen LogP contribution < -0.4 is 14.2 Å². The van der Waals surface area contributed by atoms with Crippen molar-refractivity contribution in [3.05, 3.63) is 405 Å². The van der Waals surface area contributed by atoms with E-state index in [2.05, 4.69) is 277 Å². The fourth-order valence-corrected chi connectivity index (χ4v) is 18.9. The van der Waals surface area contributed by atoms with Gasteiger partial charge in [0, 0.05) is 61.2 Å². The third-order valence-corrected chi connectivity index (χ3v) is 23.0. The van der Waals surface area contributed by atoms with Gasteiger partial charge in [-0.2, -0.15) is 10.5 Å². The predicted octanol–water partition coefficient (Wildman–Crippen LogP) is 23.2. The molecule has 22 rings (SSSR count). The van der Waals surface area contributed by atoms with Gasteiger partial charge in [-0.05, 0) is 144 Å². The second kappa shape index (κ2) is 21.9. The minimum atomic E-state index is -0.879. The Bertz CT molecular complexity index is 6540. The quantitative estimate of drug-likeness (QED) is 0.162. The number of benzene rings is 15. The Morgan fingerprint density at radius 2 is 0.590 bits per heavy atom. The monoisotopic (exact) mass is 1340 g/mol. The van der Waals surface area contributed by atoms with Crippen LogP contribution in [0.4, 0.5) is 0 Å². The molecule has 8 nitrogen and oxygen atoms in total. The first-order chi connectivity index (χ1) is 52.0. The molecule has 0 radical (unpaired) electrons. The number of aromatic nitrogens is 2. The van der Waals surface area contributed by atoms with Gasteiger partial charge < -0.3 is 18.6 Å². The minimum Gasteiger partial charge on any atom is -0.456 e. The number of para-hydroxylation sites is 6. The van der Waals surface area contributed by atoms with Crippen molar-refractivity contribution in [3.63, 3.8) is 0 Å². The fourth-order valence-electron chi connectivity index (χ4n) is 18.9. The van der Waals surface area contributed by atoms with E-state index in [9.17, 15) is 10.5 Å². The van der Waals surface area contributed by atoms with Crippen LogP contribution in [0.25, 0.3) is 101 Å². The molecule has 15 aromatic carbocycles. The molecular formula is C97H54N4O4. The molecule has 2 atom stereocenters. The van der Waals surface area contributed by atoms with Gasteiger partial charge in [0.15, 0.2) is 0 Å². The number of nitrogens with zero attached hydrogens (tertiary/aromatic N) is 4. The average molecular weight is 1340 g/mol. The molecule has 16 aromatic rings. The molecule has 3 aliphatic carbocycles. The van der Waals surface area contributed by atoms with E-state index in [1.165, 1.54) is 22.3 Å². The summed E-state index contributed by atoms with van der Waals surface area (Å²) in [6, 6.07) is 120. The SMILES string of the molecule is N#Cc1cc(-c2ccc3c(c2)-c2ccccc2C32c3ccccc3Oc3c(-c4nnc(-c5ccccc5)o4)cccc32)ccc1-c1cccc2c1Oc1ccccc1C21c2ccccc2-c2c(-c3ccc(-c4cccc5c4Oc4ccccc4C54c5ccccc5-c5ccccc54)cc3C#N)cccc21. The number of hydrogen-bond donors (Lipinski definition) is 0. The standard InChI is InChI=1S/C97H54N4O4/c98-55-61-52-58(59-48-51-78-73(54-59)68-26-6-10-34-76(68)96(78)80-37-13-16-44-87(80)104-92-72(31-21-42-85(92)96)94-101-100-93(105-94)57-22-2-1-3-23-57)46-49-64(61)70-30-20-41-84-91(70)103-88-45-17-14-38-81(88)97(84)77-35-11-7-27-71(77)89-69(29-19-39-82(89)97)63-50-47-60(53-62(63)56-99)65-28-18-40-83-90(65)102-86-43-15-12-36-79(86)95(83)74-32-8-4-24-66(74)67-25-5-9-33-75(67)95/h1-54H. The van der Waals surface area contributed by atoms with Crippen LogP contribution in [-0.2, 0) is 16.2 Å². The van der Waals surface area contributed by atoms with Crippen molar-refractivity contribution in [2.24, 2.45) is 0 Å². The van der Waals surface area contributed by atoms with Crippen LogP contribution in [-0.4, -0.2) is 10.2 Å². The zero-order valence-corrected chi connectivity index (χ0v) is 56.1. The molecule has 0 bridgehead atoms. The largest absolute Gasteiger partial charge is 0.456 e. The molecule has 6 aliphatic rings. The average Bonchev–Trinajstić information content (AvgIpc) is 1.50. The van der Waals surface area contributed by atoms with Crippen molar-refractivity contribution in [2.45, 2.75) is 16.2 Å². The maximum Gasteiger partial charge on any atom is 0.251 e. The Kier molecular flexibility index (Phi) is 12.2. The number of nitriles is 2. The Labute approximate surface area is 604 Å². The summed E-state index contributed by atoms with van der Waals surface area (Å²) < 4.78 is 27.8. The third-order valence-electron chi connectivity index (χ3n) is 23.0. The molecule has 0 saturated heterocycles. The van der Waals surface area contributed by atoms with Gasteiger partial charge in [0.2, 0.25) is 5.89 Å². The minimum absolute atomic E-state index is 0.366. The lowest BCUT2D eigenvalue weighted by Crippen LogP contribution is -2.32. The van der Waals surface area contributed by atoms with Gasteiger partial charge in [-0.15, -0.1) is 10.2 Å². The first kappa shape index (κ1) is 58.6. The molecule has 486 valence electrons. The summed E-state index contributed by atoms with van der Waals surface area (Å²) in [7, 11) is 0. The van der Waals surface area contributed by atoms with E-state index in [0.717, 1.165) is 151 Å². The predicted molar refractivity (Wildman–Crippen MR) is 408 cm³/mol. The van der Waals surface area contributed by atoms with Gasteiger partial charge in [0.05, 0.1) is 45.1 Å². The number of fused-ring (bicyclic) bond motifs is 27. The highest BCUT2D eigenvalue weighted by Gasteiger charge is 2.55. The second-order valence-corrected chi connectivity index (χ2v) is 27.8. The van der Waals surface area contributed by atoms with Gasteiger partial charge in [-0.25, -0.2) is 0 Å². The number of ether oxygens (including phenoxy) is 3. The lowest BCUT2D eigenvalue weighted by Gasteiger charge is -2.40. The highest BCUT2D eigenvalue weighted by molar-refractivity contribution is 6.00. The van der Waals surface area contributed by atoms with E-state index in [0.29, 0.717) is 40.0 Å². The van der Waals surface area contributed by atoms with Gasteiger partial charge in [0.25, 0.3) is 5.89 Å². The van der Waals surface area contributed by atoms with Crippen molar-refractivity contribution in [1.82, 2.24) is 10.2 Å². The highest BCUT2D eigenvalue weighted by Crippen LogP contribution is 2.68. The maximum atomic E-state index is 11.5. The molecule has 2 unspecified atom stereocenters. The molecule has 1 aromatic heterocycles. The molecule has 0 fully saturated rings. The second-order valence-electron chi connectivity index (χ2n) is 27.8. The van der Waals surface area contributed by atoms with E-state index in [4.69, 9.17) is 18.6 Å². The van der Waals surface area contributed by atoms with Crippen LogP contribution in [0.2, 0.25) is 0 Å². The summed E-state index contributed by atoms with van der Waals surface area (Å²) in [5.41, 5.74) is 27.0. The van der Waals surface area contributed by atoms with Gasteiger partial charge in [-0.1, -0.05) is 273 Å². The summed E-state index contributed by atoms with van der Waals surface area (Å²) in [6.45, 7) is 0. The summed E-state index contributed by atoms with van der Waals surface area (Å²) in [4.78, 5) is 0. The molecule has 8 heteroatoms. The molecular weight excluding hydrogens is 1290 g/mol. The van der Waals surface area contributed by atoms with Crippen LogP contribution in [0.1, 0.15) is 77.9 Å². The van der Waals surface area contributed by atoms with E-state index < -0.39 is 16.2 Å². The molecule has 0 N–H and O–H groups in total. The van der Waals surface area contributed by atoms with Crippen molar-refractivity contribution < 1.29 is 18.6 Å². The third kappa shape index (κ3) is 7.76. The van der Waals surface area contributed by atoms with Gasteiger partial charge >= 0.3 is 0 Å².